The first-order chi connectivity index (χ1) is 11.6. The van der Waals surface area contributed by atoms with E-state index in [-0.39, 0.29) is 16.4 Å². The summed E-state index contributed by atoms with van der Waals surface area (Å²) < 4.78 is 27.5. The zero-order chi connectivity index (χ0) is 17.0. The van der Waals surface area contributed by atoms with Gasteiger partial charge in [0.1, 0.15) is 6.07 Å². The Morgan fingerprint density at radius 2 is 1.83 bits per heavy atom. The number of benzene rings is 2. The van der Waals surface area contributed by atoms with Gasteiger partial charge in [0.2, 0.25) is 10.0 Å². The largest absolute Gasteiger partial charge is 0.371 e. The Bertz CT molecular complexity index is 844. The zero-order valence-corrected chi connectivity index (χ0v) is 14.0. The van der Waals surface area contributed by atoms with Gasteiger partial charge in [-0.2, -0.15) is 5.26 Å². The van der Waals surface area contributed by atoms with E-state index in [0.29, 0.717) is 6.54 Å². The topological polar surface area (TPSA) is 73.2 Å². The minimum Gasteiger partial charge on any atom is -0.371 e. The molecule has 1 aliphatic rings. The van der Waals surface area contributed by atoms with Crippen molar-refractivity contribution in [2.75, 3.05) is 24.5 Å². The fourth-order valence-electron chi connectivity index (χ4n) is 2.97. The van der Waals surface area contributed by atoms with E-state index in [9.17, 15) is 8.42 Å². The maximum atomic E-state index is 12.4. The van der Waals surface area contributed by atoms with Gasteiger partial charge < -0.3 is 4.90 Å². The molecule has 1 aliphatic heterocycles. The van der Waals surface area contributed by atoms with E-state index in [4.69, 9.17) is 5.26 Å². The second kappa shape index (κ2) is 7.04. The van der Waals surface area contributed by atoms with Gasteiger partial charge in [0.05, 0.1) is 10.5 Å². The number of rotatable bonds is 5. The lowest BCUT2D eigenvalue weighted by atomic mass is 10.1. The fourth-order valence-corrected chi connectivity index (χ4v) is 4.24. The molecule has 24 heavy (non-hydrogen) atoms. The maximum Gasteiger partial charge on any atom is 0.241 e. The van der Waals surface area contributed by atoms with Crippen molar-refractivity contribution in [3.05, 3.63) is 60.2 Å². The highest BCUT2D eigenvalue weighted by Crippen LogP contribution is 2.23. The summed E-state index contributed by atoms with van der Waals surface area (Å²) in [5.41, 5.74) is 1.33. The molecule has 2 aromatic rings. The first kappa shape index (κ1) is 16.5. The summed E-state index contributed by atoms with van der Waals surface area (Å²) in [4.78, 5) is 2.31. The van der Waals surface area contributed by atoms with Crippen LogP contribution in [0.4, 0.5) is 5.69 Å². The summed E-state index contributed by atoms with van der Waals surface area (Å²) in [5, 5.41) is 9.07. The van der Waals surface area contributed by atoms with Gasteiger partial charge in [-0.25, -0.2) is 13.1 Å². The molecule has 0 amide bonds. The number of nitriles is 1. The standard InChI is InChI=1S/C18H19N3O2S/c19-12-16-6-4-5-9-18(16)24(22,23)20-13-15-10-11-21(14-15)17-7-2-1-3-8-17/h1-9,15,20H,10-11,13-14H2. The smallest absolute Gasteiger partial charge is 0.241 e. The molecule has 1 unspecified atom stereocenters. The summed E-state index contributed by atoms with van der Waals surface area (Å²) in [6, 6.07) is 18.3. The van der Waals surface area contributed by atoms with Crippen LogP contribution in [0.25, 0.3) is 0 Å². The summed E-state index contributed by atoms with van der Waals surface area (Å²) in [6.45, 7) is 2.13. The molecule has 1 fully saturated rings. The Hall–Kier alpha value is -2.36. The van der Waals surface area contributed by atoms with E-state index in [1.54, 1.807) is 12.1 Å². The molecule has 1 saturated heterocycles. The SMILES string of the molecule is N#Cc1ccccc1S(=O)(=O)NCC1CCN(c2ccccc2)C1. The molecule has 0 saturated carbocycles. The van der Waals surface area contributed by atoms with E-state index >= 15 is 0 Å². The third-order valence-corrected chi connectivity index (χ3v) is 5.75. The van der Waals surface area contributed by atoms with Gasteiger partial charge in [-0.1, -0.05) is 30.3 Å². The predicted octanol–water partition coefficient (Wildman–Crippen LogP) is 2.36. The summed E-state index contributed by atoms with van der Waals surface area (Å²) in [6.07, 6.45) is 0.942. The van der Waals surface area contributed by atoms with Crippen LogP contribution in [0.15, 0.2) is 59.5 Å². The fraction of sp³-hybridized carbons (Fsp3) is 0.278. The number of hydrogen-bond acceptors (Lipinski definition) is 4. The molecule has 124 valence electrons. The van der Waals surface area contributed by atoms with Crippen LogP contribution in [-0.4, -0.2) is 28.1 Å². The minimum absolute atomic E-state index is 0.0467. The molecule has 0 spiro atoms. The van der Waals surface area contributed by atoms with Gasteiger partial charge in [-0.15, -0.1) is 0 Å². The number of nitrogens with one attached hydrogen (secondary N) is 1. The molecule has 1 atom stereocenters. The van der Waals surface area contributed by atoms with Crippen molar-refractivity contribution >= 4 is 15.7 Å². The van der Waals surface area contributed by atoms with Gasteiger partial charge in [0, 0.05) is 25.3 Å². The second-order valence-electron chi connectivity index (χ2n) is 5.90. The lowest BCUT2D eigenvalue weighted by molar-refractivity contribution is 0.541. The van der Waals surface area contributed by atoms with Crippen molar-refractivity contribution in [1.29, 1.82) is 5.26 Å². The van der Waals surface area contributed by atoms with E-state index in [1.807, 2.05) is 24.3 Å². The summed E-state index contributed by atoms with van der Waals surface area (Å²) in [7, 11) is -3.66. The predicted molar refractivity (Wildman–Crippen MR) is 93.1 cm³/mol. The second-order valence-corrected chi connectivity index (χ2v) is 7.63. The number of anilines is 1. The van der Waals surface area contributed by atoms with Crippen LogP contribution < -0.4 is 9.62 Å². The Labute approximate surface area is 142 Å². The molecule has 1 heterocycles. The zero-order valence-electron chi connectivity index (χ0n) is 13.2. The van der Waals surface area contributed by atoms with Crippen LogP contribution in [0.2, 0.25) is 0 Å². The highest BCUT2D eigenvalue weighted by Gasteiger charge is 2.25. The van der Waals surface area contributed by atoms with Crippen molar-refractivity contribution in [3.63, 3.8) is 0 Å². The molecule has 0 aromatic heterocycles. The van der Waals surface area contributed by atoms with Crippen LogP contribution >= 0.6 is 0 Å². The molecule has 5 nitrogen and oxygen atoms in total. The van der Waals surface area contributed by atoms with E-state index in [1.165, 1.54) is 12.1 Å². The summed E-state index contributed by atoms with van der Waals surface area (Å²) in [5.74, 6) is 0.259. The molecule has 0 radical (unpaired) electrons. The lowest BCUT2D eigenvalue weighted by Crippen LogP contribution is -2.31. The molecular weight excluding hydrogens is 322 g/mol. The Kier molecular flexibility index (Phi) is 4.84. The Morgan fingerprint density at radius 1 is 1.12 bits per heavy atom. The van der Waals surface area contributed by atoms with E-state index in [2.05, 4.69) is 21.8 Å². The van der Waals surface area contributed by atoms with Crippen molar-refractivity contribution in [2.45, 2.75) is 11.3 Å². The molecule has 3 rings (SSSR count). The Morgan fingerprint density at radius 3 is 2.58 bits per heavy atom. The molecule has 0 bridgehead atoms. The van der Waals surface area contributed by atoms with Crippen molar-refractivity contribution < 1.29 is 8.42 Å². The molecular formula is C18H19N3O2S. The number of sulfonamides is 1. The van der Waals surface area contributed by atoms with Crippen LogP contribution in [0.5, 0.6) is 0 Å². The lowest BCUT2D eigenvalue weighted by Gasteiger charge is -2.18. The third kappa shape index (κ3) is 3.58. The quantitative estimate of drug-likeness (QED) is 0.906. The first-order valence-electron chi connectivity index (χ1n) is 7.89. The minimum atomic E-state index is -3.66. The van der Waals surface area contributed by atoms with Gasteiger partial charge in [0.15, 0.2) is 0 Å². The number of nitrogens with zero attached hydrogens (tertiary/aromatic N) is 2. The van der Waals surface area contributed by atoms with Crippen molar-refractivity contribution in [3.8, 4) is 6.07 Å². The highest BCUT2D eigenvalue weighted by molar-refractivity contribution is 7.89. The van der Waals surface area contributed by atoms with Crippen molar-refractivity contribution in [1.82, 2.24) is 4.72 Å². The normalized spacial score (nSPS) is 17.6. The maximum absolute atomic E-state index is 12.4. The van der Waals surface area contributed by atoms with Gasteiger partial charge in [-0.05, 0) is 36.6 Å². The van der Waals surface area contributed by atoms with Crippen LogP contribution in [-0.2, 0) is 10.0 Å². The van der Waals surface area contributed by atoms with Gasteiger partial charge in [-0.3, -0.25) is 0 Å². The summed E-state index contributed by atoms with van der Waals surface area (Å²) >= 11 is 0. The third-order valence-electron chi connectivity index (χ3n) is 4.27. The van der Waals surface area contributed by atoms with Crippen molar-refractivity contribution in [2.24, 2.45) is 5.92 Å². The van der Waals surface area contributed by atoms with Gasteiger partial charge >= 0.3 is 0 Å². The van der Waals surface area contributed by atoms with Crippen LogP contribution in [0.3, 0.4) is 0 Å². The van der Waals surface area contributed by atoms with E-state index in [0.717, 1.165) is 25.2 Å². The first-order valence-corrected chi connectivity index (χ1v) is 9.37. The average molecular weight is 341 g/mol. The Balaban J connectivity index is 1.63. The van der Waals surface area contributed by atoms with Gasteiger partial charge in [0.25, 0.3) is 0 Å². The number of para-hydroxylation sites is 1. The van der Waals surface area contributed by atoms with Crippen LogP contribution in [0, 0.1) is 17.2 Å². The average Bonchev–Trinajstić information content (AvgIpc) is 3.10. The van der Waals surface area contributed by atoms with Crippen LogP contribution in [0.1, 0.15) is 12.0 Å². The highest BCUT2D eigenvalue weighted by atomic mass is 32.2. The molecule has 1 N–H and O–H groups in total. The number of hydrogen-bond donors (Lipinski definition) is 1. The molecule has 2 aromatic carbocycles. The molecule has 6 heteroatoms. The molecule has 0 aliphatic carbocycles. The van der Waals surface area contributed by atoms with E-state index < -0.39 is 10.0 Å². The monoisotopic (exact) mass is 341 g/mol.